The third kappa shape index (κ3) is 3.10. The van der Waals surface area contributed by atoms with Crippen LogP contribution in [0, 0.1) is 3.57 Å². The van der Waals surface area contributed by atoms with Crippen molar-refractivity contribution in [3.05, 3.63) is 31.3 Å². The summed E-state index contributed by atoms with van der Waals surface area (Å²) in [6, 6.07) is 3.27. The van der Waals surface area contributed by atoms with Gasteiger partial charge < -0.3 is 10.0 Å². The minimum absolute atomic E-state index is 0.0734. The second-order valence-corrected chi connectivity index (χ2v) is 6.19. The molecule has 0 atom stereocenters. The van der Waals surface area contributed by atoms with Crippen molar-refractivity contribution in [1.82, 2.24) is 4.90 Å². The number of hydrogen-bond acceptors (Lipinski definition) is 2. The average Bonchev–Trinajstić information content (AvgIpc) is 2.34. The molecule has 1 aromatic carbocycles. The molecule has 1 heterocycles. The number of aliphatic hydroxyl groups excluding tert-OH is 1. The van der Waals surface area contributed by atoms with Crippen molar-refractivity contribution in [3.63, 3.8) is 0 Å². The lowest BCUT2D eigenvalue weighted by molar-refractivity contribution is 0.0545. The summed E-state index contributed by atoms with van der Waals surface area (Å²) >= 11 is 14.0. The zero-order valence-corrected chi connectivity index (χ0v) is 13.2. The van der Waals surface area contributed by atoms with Crippen LogP contribution in [-0.4, -0.2) is 35.1 Å². The van der Waals surface area contributed by atoms with Crippen molar-refractivity contribution < 1.29 is 9.90 Å². The summed E-state index contributed by atoms with van der Waals surface area (Å²) in [5, 5.41) is 10.4. The monoisotopic (exact) mass is 399 g/mol. The fourth-order valence-electron chi connectivity index (χ4n) is 1.95. The SMILES string of the molecule is O=C(c1cc(Cl)cc(Cl)c1I)N1CCC(O)CC1. The number of piperidine rings is 1. The molecule has 1 aliphatic heterocycles. The van der Waals surface area contributed by atoms with Crippen LogP contribution in [0.25, 0.3) is 0 Å². The lowest BCUT2D eigenvalue weighted by Gasteiger charge is -2.30. The highest BCUT2D eigenvalue weighted by Crippen LogP contribution is 2.28. The lowest BCUT2D eigenvalue weighted by atomic mass is 10.1. The van der Waals surface area contributed by atoms with Gasteiger partial charge in [0.05, 0.1) is 16.7 Å². The van der Waals surface area contributed by atoms with Crippen LogP contribution in [0.3, 0.4) is 0 Å². The molecule has 1 amide bonds. The normalized spacial score (nSPS) is 17.0. The van der Waals surface area contributed by atoms with Gasteiger partial charge >= 0.3 is 0 Å². The van der Waals surface area contributed by atoms with E-state index in [1.807, 2.05) is 22.6 Å². The second kappa shape index (κ2) is 5.94. The Kier molecular flexibility index (Phi) is 4.75. The molecule has 3 nitrogen and oxygen atoms in total. The number of hydrogen-bond donors (Lipinski definition) is 1. The van der Waals surface area contributed by atoms with Crippen LogP contribution in [0.15, 0.2) is 12.1 Å². The molecule has 1 aliphatic rings. The predicted molar refractivity (Wildman–Crippen MR) is 80.3 cm³/mol. The van der Waals surface area contributed by atoms with Gasteiger partial charge in [0.25, 0.3) is 5.91 Å². The molecule has 1 N–H and O–H groups in total. The largest absolute Gasteiger partial charge is 0.393 e. The zero-order chi connectivity index (χ0) is 13.3. The van der Waals surface area contributed by atoms with Gasteiger partial charge in [-0.15, -0.1) is 0 Å². The highest BCUT2D eigenvalue weighted by Gasteiger charge is 2.24. The maximum atomic E-state index is 12.4. The molecule has 18 heavy (non-hydrogen) atoms. The number of rotatable bonds is 1. The molecular formula is C12H12Cl2INO2. The second-order valence-electron chi connectivity index (χ2n) is 4.27. The quantitative estimate of drug-likeness (QED) is 0.582. The van der Waals surface area contributed by atoms with E-state index < -0.39 is 0 Å². The molecule has 0 unspecified atom stereocenters. The highest BCUT2D eigenvalue weighted by atomic mass is 127. The minimum atomic E-state index is -0.295. The number of aliphatic hydroxyl groups is 1. The maximum absolute atomic E-state index is 12.4. The Hall–Kier alpha value is -0.0400. The highest BCUT2D eigenvalue weighted by molar-refractivity contribution is 14.1. The molecule has 1 saturated heterocycles. The van der Waals surface area contributed by atoms with Gasteiger partial charge in [0.1, 0.15) is 0 Å². The van der Waals surface area contributed by atoms with Crippen molar-refractivity contribution in [2.24, 2.45) is 0 Å². The van der Waals surface area contributed by atoms with Crippen molar-refractivity contribution in [1.29, 1.82) is 0 Å². The van der Waals surface area contributed by atoms with Crippen LogP contribution >= 0.6 is 45.8 Å². The first kappa shape index (κ1) is 14.4. The number of benzene rings is 1. The first-order valence-electron chi connectivity index (χ1n) is 5.61. The molecule has 98 valence electrons. The van der Waals surface area contributed by atoms with Gasteiger partial charge in [-0.3, -0.25) is 4.79 Å². The van der Waals surface area contributed by atoms with E-state index >= 15 is 0 Å². The first-order valence-corrected chi connectivity index (χ1v) is 7.44. The van der Waals surface area contributed by atoms with Crippen molar-refractivity contribution in [2.45, 2.75) is 18.9 Å². The van der Waals surface area contributed by atoms with E-state index in [0.717, 1.165) is 3.57 Å². The fraction of sp³-hybridized carbons (Fsp3) is 0.417. The van der Waals surface area contributed by atoms with Crippen LogP contribution in [0.1, 0.15) is 23.2 Å². The van der Waals surface area contributed by atoms with Gasteiger partial charge in [-0.05, 0) is 47.6 Å². The molecule has 0 aliphatic carbocycles. The number of halogens is 3. The summed E-state index contributed by atoms with van der Waals surface area (Å²) in [5.41, 5.74) is 0.532. The Balaban J connectivity index is 2.23. The molecule has 1 aromatic rings. The Morgan fingerprint density at radius 1 is 1.33 bits per heavy atom. The Morgan fingerprint density at radius 3 is 2.56 bits per heavy atom. The van der Waals surface area contributed by atoms with Gasteiger partial charge in [0.2, 0.25) is 0 Å². The minimum Gasteiger partial charge on any atom is -0.393 e. The lowest BCUT2D eigenvalue weighted by Crippen LogP contribution is -2.40. The molecule has 0 spiro atoms. The molecular weight excluding hydrogens is 388 g/mol. The standard InChI is InChI=1S/C12H12Cl2INO2/c13-7-5-9(11(15)10(14)6-7)12(18)16-3-1-8(17)2-4-16/h5-6,8,17H,1-4H2. The number of carbonyl (C=O) groups is 1. The van der Waals surface area contributed by atoms with Gasteiger partial charge in [-0.2, -0.15) is 0 Å². The number of nitrogens with zero attached hydrogens (tertiary/aromatic N) is 1. The van der Waals surface area contributed by atoms with Crippen LogP contribution in [0.5, 0.6) is 0 Å². The van der Waals surface area contributed by atoms with E-state index in [2.05, 4.69) is 0 Å². The number of carbonyl (C=O) groups excluding carboxylic acids is 1. The smallest absolute Gasteiger partial charge is 0.255 e. The summed E-state index contributed by atoms with van der Waals surface area (Å²) in [7, 11) is 0. The summed E-state index contributed by atoms with van der Waals surface area (Å²) in [6.07, 6.45) is 0.948. The van der Waals surface area contributed by atoms with Crippen molar-refractivity contribution >= 4 is 51.7 Å². The maximum Gasteiger partial charge on any atom is 0.255 e. The third-order valence-corrected chi connectivity index (χ3v) is 4.97. The van der Waals surface area contributed by atoms with E-state index in [-0.39, 0.29) is 12.0 Å². The molecule has 6 heteroatoms. The summed E-state index contributed by atoms with van der Waals surface area (Å²) < 4.78 is 0.717. The Labute approximate surface area is 129 Å². The predicted octanol–water partition coefficient (Wildman–Crippen LogP) is 3.19. The number of likely N-dealkylation sites (tertiary alicyclic amines) is 1. The van der Waals surface area contributed by atoms with Crippen molar-refractivity contribution in [2.75, 3.05) is 13.1 Å². The van der Waals surface area contributed by atoms with Gasteiger partial charge in [0.15, 0.2) is 0 Å². The van der Waals surface area contributed by atoms with Crippen LogP contribution in [0.2, 0.25) is 10.0 Å². The zero-order valence-electron chi connectivity index (χ0n) is 9.50. The van der Waals surface area contributed by atoms with Gasteiger partial charge in [-0.1, -0.05) is 23.2 Å². The molecule has 0 radical (unpaired) electrons. The summed E-state index contributed by atoms with van der Waals surface area (Å²) in [4.78, 5) is 14.1. The molecule has 1 fully saturated rings. The number of amides is 1. The molecule has 0 bridgehead atoms. The molecule has 2 rings (SSSR count). The Morgan fingerprint density at radius 2 is 1.94 bits per heavy atom. The van der Waals surface area contributed by atoms with Crippen LogP contribution in [0.4, 0.5) is 0 Å². The van der Waals surface area contributed by atoms with Crippen LogP contribution in [-0.2, 0) is 0 Å². The average molecular weight is 400 g/mol. The van der Waals surface area contributed by atoms with E-state index in [1.165, 1.54) is 0 Å². The topological polar surface area (TPSA) is 40.5 Å². The van der Waals surface area contributed by atoms with E-state index in [9.17, 15) is 9.90 Å². The molecule has 0 saturated carbocycles. The van der Waals surface area contributed by atoms with Crippen LogP contribution < -0.4 is 0 Å². The summed E-state index contributed by atoms with van der Waals surface area (Å²) in [5.74, 6) is -0.0734. The van der Waals surface area contributed by atoms with E-state index in [0.29, 0.717) is 41.5 Å². The molecule has 0 aromatic heterocycles. The fourth-order valence-corrected chi connectivity index (χ4v) is 2.99. The Bertz CT molecular complexity index is 473. The van der Waals surface area contributed by atoms with Gasteiger partial charge in [0, 0.05) is 21.7 Å². The van der Waals surface area contributed by atoms with E-state index in [4.69, 9.17) is 23.2 Å². The van der Waals surface area contributed by atoms with E-state index in [1.54, 1.807) is 17.0 Å². The van der Waals surface area contributed by atoms with Crippen molar-refractivity contribution in [3.8, 4) is 0 Å². The summed E-state index contributed by atoms with van der Waals surface area (Å²) in [6.45, 7) is 1.14. The first-order chi connectivity index (χ1) is 8.49. The third-order valence-electron chi connectivity index (χ3n) is 2.98. The van der Waals surface area contributed by atoms with Gasteiger partial charge in [-0.25, -0.2) is 0 Å².